The summed E-state index contributed by atoms with van der Waals surface area (Å²) in [5.74, 6) is 3.58. The van der Waals surface area contributed by atoms with Crippen LogP contribution in [0.15, 0.2) is 16.5 Å². The molecule has 2 N–H and O–H groups in total. The van der Waals surface area contributed by atoms with Crippen molar-refractivity contribution in [3.05, 3.63) is 23.7 Å². The van der Waals surface area contributed by atoms with E-state index in [9.17, 15) is 0 Å². The van der Waals surface area contributed by atoms with Gasteiger partial charge in [-0.2, -0.15) is 0 Å². The zero-order chi connectivity index (χ0) is 12.3. The van der Waals surface area contributed by atoms with E-state index < -0.39 is 0 Å². The second-order valence-corrected chi connectivity index (χ2v) is 5.22. The lowest BCUT2D eigenvalue weighted by Crippen LogP contribution is -2.42. The van der Waals surface area contributed by atoms with Crippen molar-refractivity contribution < 1.29 is 4.42 Å². The van der Waals surface area contributed by atoms with Crippen molar-refractivity contribution >= 4 is 0 Å². The number of hydrogen-bond donors (Lipinski definition) is 1. The van der Waals surface area contributed by atoms with Crippen molar-refractivity contribution in [3.8, 4) is 0 Å². The highest BCUT2D eigenvalue weighted by Crippen LogP contribution is 2.23. The van der Waals surface area contributed by atoms with Crippen LogP contribution in [0, 0.1) is 11.8 Å². The molecule has 0 spiro atoms. The Hall–Kier alpha value is -0.800. The molecule has 0 amide bonds. The van der Waals surface area contributed by atoms with Gasteiger partial charge in [0.25, 0.3) is 0 Å². The molecule has 0 saturated carbocycles. The maximum atomic E-state index is 5.82. The van der Waals surface area contributed by atoms with Crippen molar-refractivity contribution in [3.63, 3.8) is 0 Å². The summed E-state index contributed by atoms with van der Waals surface area (Å²) in [5, 5.41) is 0. The molecule has 0 bridgehead atoms. The van der Waals surface area contributed by atoms with E-state index in [1.807, 2.05) is 0 Å². The van der Waals surface area contributed by atoms with Crippen LogP contribution in [0.4, 0.5) is 0 Å². The zero-order valence-electron chi connectivity index (χ0n) is 11.0. The van der Waals surface area contributed by atoms with Crippen molar-refractivity contribution in [1.29, 1.82) is 0 Å². The normalized spacial score (nSPS) is 26.3. The molecular weight excluding hydrogens is 212 g/mol. The monoisotopic (exact) mass is 236 g/mol. The van der Waals surface area contributed by atoms with Crippen LogP contribution >= 0.6 is 0 Å². The van der Waals surface area contributed by atoms with Gasteiger partial charge in [-0.15, -0.1) is 0 Å². The molecule has 2 atom stereocenters. The molecule has 2 unspecified atom stereocenters. The van der Waals surface area contributed by atoms with E-state index in [1.54, 1.807) is 0 Å². The summed E-state index contributed by atoms with van der Waals surface area (Å²) in [7, 11) is 0. The molecule has 0 radical (unpaired) electrons. The smallest absolute Gasteiger partial charge is 0.118 e. The third-order valence-corrected chi connectivity index (χ3v) is 3.95. The van der Waals surface area contributed by atoms with Gasteiger partial charge in [0.2, 0.25) is 0 Å². The van der Waals surface area contributed by atoms with Gasteiger partial charge >= 0.3 is 0 Å². The van der Waals surface area contributed by atoms with Crippen molar-refractivity contribution in [1.82, 2.24) is 4.90 Å². The van der Waals surface area contributed by atoms with Gasteiger partial charge in [0, 0.05) is 13.0 Å². The summed E-state index contributed by atoms with van der Waals surface area (Å²) in [5.41, 5.74) is 5.82. The van der Waals surface area contributed by atoms with Crippen LogP contribution in [0.1, 0.15) is 31.8 Å². The molecule has 1 fully saturated rings. The lowest BCUT2D eigenvalue weighted by atomic mass is 9.87. The number of rotatable bonds is 4. The van der Waals surface area contributed by atoms with E-state index >= 15 is 0 Å². The first kappa shape index (κ1) is 12.7. The Morgan fingerprint density at radius 2 is 2.18 bits per heavy atom. The molecule has 3 heteroatoms. The van der Waals surface area contributed by atoms with Crippen LogP contribution in [0.2, 0.25) is 0 Å². The van der Waals surface area contributed by atoms with Gasteiger partial charge < -0.3 is 10.2 Å². The first-order valence-corrected chi connectivity index (χ1v) is 6.73. The fraction of sp³-hybridized carbons (Fsp3) is 0.714. The molecule has 1 aromatic heterocycles. The Bertz CT molecular complexity index is 348. The highest BCUT2D eigenvalue weighted by molar-refractivity contribution is 5.07. The van der Waals surface area contributed by atoms with Crippen LogP contribution in [-0.2, 0) is 13.0 Å². The lowest BCUT2D eigenvalue weighted by molar-refractivity contribution is 0.118. The molecule has 1 aliphatic rings. The molecule has 17 heavy (non-hydrogen) atoms. The van der Waals surface area contributed by atoms with Crippen molar-refractivity contribution in [2.45, 2.75) is 33.2 Å². The first-order chi connectivity index (χ1) is 8.22. The van der Waals surface area contributed by atoms with E-state index in [2.05, 4.69) is 30.9 Å². The van der Waals surface area contributed by atoms with E-state index in [1.165, 1.54) is 13.0 Å². The Labute approximate surface area is 104 Å². The van der Waals surface area contributed by atoms with Gasteiger partial charge in [0.15, 0.2) is 0 Å². The second kappa shape index (κ2) is 5.69. The molecule has 0 aromatic carbocycles. The molecule has 96 valence electrons. The first-order valence-electron chi connectivity index (χ1n) is 6.73. The molecular formula is C14H24N2O. The lowest BCUT2D eigenvalue weighted by Gasteiger charge is -2.36. The van der Waals surface area contributed by atoms with Gasteiger partial charge in [-0.05, 0) is 43.5 Å². The SMILES string of the molecule is CCc1ccc(CN2CCC(C)C(CN)C2)o1. The largest absolute Gasteiger partial charge is 0.465 e. The van der Waals surface area contributed by atoms with E-state index in [0.717, 1.165) is 43.5 Å². The number of hydrogen-bond acceptors (Lipinski definition) is 3. The van der Waals surface area contributed by atoms with Crippen molar-refractivity contribution in [2.75, 3.05) is 19.6 Å². The number of likely N-dealkylation sites (tertiary alicyclic amines) is 1. The average Bonchev–Trinajstić information content (AvgIpc) is 2.79. The molecule has 0 aliphatic carbocycles. The van der Waals surface area contributed by atoms with Gasteiger partial charge in [-0.25, -0.2) is 0 Å². The summed E-state index contributed by atoms with van der Waals surface area (Å²) in [6.07, 6.45) is 2.23. The maximum Gasteiger partial charge on any atom is 0.118 e. The minimum Gasteiger partial charge on any atom is -0.465 e. The molecule has 2 heterocycles. The van der Waals surface area contributed by atoms with Crippen LogP contribution in [0.5, 0.6) is 0 Å². The van der Waals surface area contributed by atoms with Gasteiger partial charge in [-0.1, -0.05) is 13.8 Å². The van der Waals surface area contributed by atoms with Gasteiger partial charge in [0.05, 0.1) is 6.54 Å². The predicted octanol–water partition coefficient (Wildman–Crippen LogP) is 2.26. The summed E-state index contributed by atoms with van der Waals surface area (Å²) >= 11 is 0. The fourth-order valence-corrected chi connectivity index (χ4v) is 2.59. The minimum absolute atomic E-state index is 0.643. The maximum absolute atomic E-state index is 5.82. The third-order valence-electron chi connectivity index (χ3n) is 3.95. The number of piperidine rings is 1. The number of aryl methyl sites for hydroxylation is 1. The standard InChI is InChI=1S/C14H24N2O/c1-3-13-4-5-14(17-13)10-16-7-6-11(2)12(8-15)9-16/h4-5,11-12H,3,6-10,15H2,1-2H3. The number of furan rings is 1. The summed E-state index contributed by atoms with van der Waals surface area (Å²) in [6.45, 7) is 8.45. The summed E-state index contributed by atoms with van der Waals surface area (Å²) in [6, 6.07) is 4.19. The minimum atomic E-state index is 0.643. The third kappa shape index (κ3) is 3.11. The predicted molar refractivity (Wildman–Crippen MR) is 69.7 cm³/mol. The number of nitrogens with two attached hydrogens (primary N) is 1. The summed E-state index contributed by atoms with van der Waals surface area (Å²) in [4.78, 5) is 2.47. The van der Waals surface area contributed by atoms with Crippen LogP contribution in [0.3, 0.4) is 0 Å². The Kier molecular flexibility index (Phi) is 4.24. The quantitative estimate of drug-likeness (QED) is 0.872. The van der Waals surface area contributed by atoms with Crippen LogP contribution in [-0.4, -0.2) is 24.5 Å². The second-order valence-electron chi connectivity index (χ2n) is 5.22. The highest BCUT2D eigenvalue weighted by Gasteiger charge is 2.25. The molecule has 1 aliphatic heterocycles. The van der Waals surface area contributed by atoms with Crippen LogP contribution < -0.4 is 5.73 Å². The molecule has 1 saturated heterocycles. The Morgan fingerprint density at radius 1 is 1.41 bits per heavy atom. The highest BCUT2D eigenvalue weighted by atomic mass is 16.3. The van der Waals surface area contributed by atoms with E-state index in [-0.39, 0.29) is 0 Å². The fourth-order valence-electron chi connectivity index (χ4n) is 2.59. The van der Waals surface area contributed by atoms with E-state index in [0.29, 0.717) is 5.92 Å². The Balaban J connectivity index is 1.90. The molecule has 1 aromatic rings. The topological polar surface area (TPSA) is 42.4 Å². The average molecular weight is 236 g/mol. The zero-order valence-corrected chi connectivity index (χ0v) is 11.0. The van der Waals surface area contributed by atoms with E-state index in [4.69, 9.17) is 10.2 Å². The molecule has 2 rings (SSSR count). The van der Waals surface area contributed by atoms with Gasteiger partial charge in [-0.3, -0.25) is 4.90 Å². The summed E-state index contributed by atoms with van der Waals surface area (Å²) < 4.78 is 5.76. The molecule has 3 nitrogen and oxygen atoms in total. The number of nitrogens with zero attached hydrogens (tertiary/aromatic N) is 1. The van der Waals surface area contributed by atoms with Crippen molar-refractivity contribution in [2.24, 2.45) is 17.6 Å². The van der Waals surface area contributed by atoms with Crippen LogP contribution in [0.25, 0.3) is 0 Å². The Morgan fingerprint density at radius 3 is 2.82 bits per heavy atom. The van der Waals surface area contributed by atoms with Gasteiger partial charge in [0.1, 0.15) is 11.5 Å².